The fourth-order valence-corrected chi connectivity index (χ4v) is 4.35. The van der Waals surface area contributed by atoms with Crippen LogP contribution in [0.5, 0.6) is 5.75 Å². The molecule has 3 heterocycles. The normalized spacial score (nSPS) is 18.4. The molecule has 0 N–H and O–H groups in total. The van der Waals surface area contributed by atoms with Gasteiger partial charge in [-0.2, -0.15) is 4.31 Å². The molecule has 0 amide bonds. The summed E-state index contributed by atoms with van der Waals surface area (Å²) < 4.78 is 34.4. The lowest BCUT2D eigenvalue weighted by Gasteiger charge is -2.17. The number of hydrogen-bond acceptors (Lipinski definition) is 6. The Balaban J connectivity index is 1.85. The third-order valence-corrected chi connectivity index (χ3v) is 5.93. The van der Waals surface area contributed by atoms with Crippen molar-refractivity contribution in [3.8, 4) is 5.75 Å². The molecule has 10 heteroatoms. The maximum atomic E-state index is 12.8. The van der Waals surface area contributed by atoms with Crippen LogP contribution in [0.3, 0.4) is 0 Å². The lowest BCUT2D eigenvalue weighted by Crippen LogP contribution is -2.42. The molecule has 3 rings (SSSR count). The van der Waals surface area contributed by atoms with E-state index in [1.54, 1.807) is 24.5 Å². The van der Waals surface area contributed by atoms with Crippen molar-refractivity contribution in [2.45, 2.75) is 17.4 Å². The molecule has 1 atom stereocenters. The number of nitrogens with zero attached hydrogens (tertiary/aromatic N) is 4. The van der Waals surface area contributed by atoms with E-state index >= 15 is 0 Å². The van der Waals surface area contributed by atoms with Gasteiger partial charge in [-0.15, -0.1) is 0 Å². The first-order chi connectivity index (χ1) is 11.8. The van der Waals surface area contributed by atoms with Gasteiger partial charge in [-0.3, -0.25) is 14.3 Å². The number of aryl methyl sites for hydroxylation is 1. The van der Waals surface area contributed by atoms with Crippen LogP contribution in [0, 0.1) is 0 Å². The van der Waals surface area contributed by atoms with Crippen LogP contribution < -0.4 is 16.0 Å². The Morgan fingerprint density at radius 2 is 2.04 bits per heavy atom. The highest BCUT2D eigenvalue weighted by Crippen LogP contribution is 2.22. The second-order valence-corrected chi connectivity index (χ2v) is 7.74. The topological polar surface area (TPSA) is 104 Å². The Morgan fingerprint density at radius 1 is 1.28 bits per heavy atom. The molecular weight excluding hydrogens is 348 g/mol. The van der Waals surface area contributed by atoms with Crippen LogP contribution in [0.4, 0.5) is 0 Å². The lowest BCUT2D eigenvalue weighted by molar-refractivity contribution is 0.214. The van der Waals surface area contributed by atoms with Gasteiger partial charge in [-0.1, -0.05) is 0 Å². The van der Waals surface area contributed by atoms with Crippen molar-refractivity contribution in [3.05, 3.63) is 51.6 Å². The average Bonchev–Trinajstić information content (AvgIpc) is 3.06. The Hall–Kier alpha value is -2.46. The predicted molar refractivity (Wildman–Crippen MR) is 89.0 cm³/mol. The number of aromatic nitrogens is 3. The van der Waals surface area contributed by atoms with Crippen molar-refractivity contribution in [1.29, 1.82) is 0 Å². The van der Waals surface area contributed by atoms with E-state index in [4.69, 9.17) is 4.74 Å². The first-order valence-corrected chi connectivity index (χ1v) is 9.08. The summed E-state index contributed by atoms with van der Waals surface area (Å²) in [5.41, 5.74) is -1.41. The molecule has 0 saturated carbocycles. The highest BCUT2D eigenvalue weighted by molar-refractivity contribution is 7.89. The summed E-state index contributed by atoms with van der Waals surface area (Å²) in [5, 5.41) is 0. The van der Waals surface area contributed by atoms with Crippen molar-refractivity contribution in [2.24, 2.45) is 14.1 Å². The van der Waals surface area contributed by atoms with Gasteiger partial charge in [-0.25, -0.2) is 13.2 Å². The van der Waals surface area contributed by atoms with E-state index in [0.29, 0.717) is 12.2 Å². The smallest absolute Gasteiger partial charge is 0.330 e. The summed E-state index contributed by atoms with van der Waals surface area (Å²) in [7, 11) is -1.36. The van der Waals surface area contributed by atoms with Gasteiger partial charge in [0.05, 0.1) is 12.7 Å². The van der Waals surface area contributed by atoms with Crippen molar-refractivity contribution < 1.29 is 13.2 Å². The van der Waals surface area contributed by atoms with Gasteiger partial charge >= 0.3 is 5.69 Å². The van der Waals surface area contributed by atoms with Crippen LogP contribution in [0.1, 0.15) is 6.42 Å². The second-order valence-electron chi connectivity index (χ2n) is 5.83. The van der Waals surface area contributed by atoms with E-state index < -0.39 is 26.2 Å². The van der Waals surface area contributed by atoms with Crippen molar-refractivity contribution in [3.63, 3.8) is 0 Å². The Kier molecular flexibility index (Phi) is 4.48. The van der Waals surface area contributed by atoms with Crippen LogP contribution in [0.25, 0.3) is 0 Å². The quantitative estimate of drug-likeness (QED) is 0.710. The van der Waals surface area contributed by atoms with Crippen molar-refractivity contribution >= 4 is 10.0 Å². The van der Waals surface area contributed by atoms with Gasteiger partial charge in [0.15, 0.2) is 4.90 Å². The molecule has 1 saturated heterocycles. The number of pyridine rings is 1. The third-order valence-electron chi connectivity index (χ3n) is 4.08. The van der Waals surface area contributed by atoms with Crippen LogP contribution in [-0.2, 0) is 24.1 Å². The number of ether oxygens (including phenoxy) is 1. The minimum absolute atomic E-state index is 0.128. The van der Waals surface area contributed by atoms with E-state index in [-0.39, 0.29) is 19.2 Å². The summed E-state index contributed by atoms with van der Waals surface area (Å²) >= 11 is 0. The summed E-state index contributed by atoms with van der Waals surface area (Å²) in [6.45, 7) is 0.364. The molecule has 1 fully saturated rings. The average molecular weight is 366 g/mol. The molecule has 9 nitrogen and oxygen atoms in total. The molecule has 25 heavy (non-hydrogen) atoms. The van der Waals surface area contributed by atoms with Crippen molar-refractivity contribution in [1.82, 2.24) is 18.4 Å². The zero-order chi connectivity index (χ0) is 18.2. The van der Waals surface area contributed by atoms with Crippen molar-refractivity contribution in [2.75, 3.05) is 13.1 Å². The molecule has 2 aromatic heterocycles. The maximum Gasteiger partial charge on any atom is 0.330 e. The van der Waals surface area contributed by atoms with Gasteiger partial charge in [0, 0.05) is 33.0 Å². The maximum absolute atomic E-state index is 12.8. The number of rotatable bonds is 4. The SMILES string of the molecule is Cn1cc(S(=O)(=O)N2CCC(Oc3cccnc3)C2)c(=O)n(C)c1=O. The monoisotopic (exact) mass is 366 g/mol. The third kappa shape index (κ3) is 3.22. The van der Waals surface area contributed by atoms with Gasteiger partial charge in [-0.05, 0) is 18.6 Å². The first-order valence-electron chi connectivity index (χ1n) is 7.64. The van der Waals surface area contributed by atoms with Crippen LogP contribution in [0.2, 0.25) is 0 Å². The zero-order valence-corrected chi connectivity index (χ0v) is 14.6. The minimum Gasteiger partial charge on any atom is -0.487 e. The Labute approximate surface area is 144 Å². The van der Waals surface area contributed by atoms with E-state index in [9.17, 15) is 18.0 Å². The molecule has 0 bridgehead atoms. The van der Waals surface area contributed by atoms with E-state index in [2.05, 4.69) is 4.98 Å². The number of sulfonamides is 1. The fraction of sp³-hybridized carbons (Fsp3) is 0.400. The fourth-order valence-electron chi connectivity index (χ4n) is 2.71. The molecule has 0 aromatic carbocycles. The lowest BCUT2D eigenvalue weighted by atomic mass is 10.3. The van der Waals surface area contributed by atoms with Gasteiger partial charge < -0.3 is 9.30 Å². The Bertz CT molecular complexity index is 997. The molecule has 0 radical (unpaired) electrons. The molecule has 0 spiro atoms. The zero-order valence-electron chi connectivity index (χ0n) is 13.8. The molecule has 1 unspecified atom stereocenters. The molecule has 0 aliphatic carbocycles. The predicted octanol–water partition coefficient (Wildman–Crippen LogP) is -0.679. The first kappa shape index (κ1) is 17.4. The largest absolute Gasteiger partial charge is 0.487 e. The summed E-state index contributed by atoms with van der Waals surface area (Å²) in [4.78, 5) is 27.5. The van der Waals surface area contributed by atoms with E-state index in [1.807, 2.05) is 0 Å². The molecule has 1 aliphatic heterocycles. The highest BCUT2D eigenvalue weighted by Gasteiger charge is 2.36. The summed E-state index contributed by atoms with van der Waals surface area (Å²) in [6.07, 6.45) is 4.42. The van der Waals surface area contributed by atoms with Gasteiger partial charge in [0.2, 0.25) is 10.0 Å². The van der Waals surface area contributed by atoms with Crippen LogP contribution in [0.15, 0.2) is 45.2 Å². The van der Waals surface area contributed by atoms with Crippen LogP contribution >= 0.6 is 0 Å². The van der Waals surface area contributed by atoms with E-state index in [1.165, 1.54) is 18.4 Å². The minimum atomic E-state index is -4.01. The molecular formula is C15H18N4O5S. The number of hydrogen-bond donors (Lipinski definition) is 0. The van der Waals surface area contributed by atoms with Gasteiger partial charge in [0.1, 0.15) is 11.9 Å². The molecule has 2 aromatic rings. The van der Waals surface area contributed by atoms with E-state index in [0.717, 1.165) is 15.3 Å². The Morgan fingerprint density at radius 3 is 2.72 bits per heavy atom. The highest BCUT2D eigenvalue weighted by atomic mass is 32.2. The van der Waals surface area contributed by atoms with Gasteiger partial charge in [0.25, 0.3) is 5.56 Å². The van der Waals surface area contributed by atoms with Crippen LogP contribution in [-0.4, -0.2) is 46.0 Å². The summed E-state index contributed by atoms with van der Waals surface area (Å²) in [5.74, 6) is 0.560. The second kappa shape index (κ2) is 6.45. The molecule has 134 valence electrons. The summed E-state index contributed by atoms with van der Waals surface area (Å²) in [6, 6.07) is 3.47. The standard InChI is InChI=1S/C15H18N4O5S/c1-17-10-13(14(20)18(2)15(17)21)25(22,23)19-7-5-12(9-19)24-11-4-3-6-16-8-11/h3-4,6,8,10,12H,5,7,9H2,1-2H3. The molecule has 1 aliphatic rings.